The Bertz CT molecular complexity index is 1040. The quantitative estimate of drug-likeness (QED) is 0.227. The van der Waals surface area contributed by atoms with Gasteiger partial charge in [0.2, 0.25) is 5.75 Å². The van der Waals surface area contributed by atoms with Crippen LogP contribution in [0.4, 0.5) is 5.69 Å². The molecule has 0 spiro atoms. The second kappa shape index (κ2) is 10.2. The predicted octanol–water partition coefficient (Wildman–Crippen LogP) is 1.93. The average molecular weight is 412 g/mol. The normalized spacial score (nSPS) is 10.2. The van der Waals surface area contributed by atoms with E-state index in [9.17, 15) is 19.7 Å². The van der Waals surface area contributed by atoms with Gasteiger partial charge in [0.1, 0.15) is 11.8 Å². The number of para-hydroxylation sites is 1. The number of amides is 1. The number of rotatable bonds is 8. The number of hydrogen-bond donors (Lipinski definition) is 1. The molecule has 0 saturated carbocycles. The summed E-state index contributed by atoms with van der Waals surface area (Å²) in [6.45, 7) is 0.722. The number of nitro groups is 1. The molecule has 1 amide bonds. The first kappa shape index (κ1) is 21.8. The highest BCUT2D eigenvalue weighted by molar-refractivity contribution is 5.90. The molecule has 2 aromatic carbocycles. The fourth-order valence-corrected chi connectivity index (χ4v) is 2.33. The minimum atomic E-state index is -0.725. The van der Waals surface area contributed by atoms with Crippen molar-refractivity contribution in [3.63, 3.8) is 0 Å². The van der Waals surface area contributed by atoms with Gasteiger partial charge in [-0.05, 0) is 24.3 Å². The largest absolute Gasteiger partial charge is 0.488 e. The molecule has 1 N–H and O–H groups in total. The topological polar surface area (TPSA) is 153 Å². The molecule has 0 saturated heterocycles. The van der Waals surface area contributed by atoms with Crippen molar-refractivity contribution >= 4 is 23.8 Å². The lowest BCUT2D eigenvalue weighted by Gasteiger charge is -2.09. The van der Waals surface area contributed by atoms with Crippen LogP contribution in [0.3, 0.4) is 0 Å². The Balaban J connectivity index is 2.11. The first-order valence-corrected chi connectivity index (χ1v) is 8.35. The van der Waals surface area contributed by atoms with Gasteiger partial charge in [0.15, 0.2) is 12.4 Å². The number of benzene rings is 2. The molecule has 0 aliphatic heterocycles. The van der Waals surface area contributed by atoms with Crippen molar-refractivity contribution in [3.05, 3.63) is 57.6 Å². The Morgan fingerprint density at radius 2 is 2.00 bits per heavy atom. The van der Waals surface area contributed by atoms with Crippen LogP contribution in [0.2, 0.25) is 0 Å². The Morgan fingerprint density at radius 3 is 2.63 bits per heavy atom. The molecule has 0 bridgehead atoms. The van der Waals surface area contributed by atoms with E-state index in [4.69, 9.17) is 19.5 Å². The van der Waals surface area contributed by atoms with Gasteiger partial charge in [-0.3, -0.25) is 19.7 Å². The number of nitro benzene ring substituents is 1. The number of methoxy groups -OCH3 is 1. The molecule has 0 aliphatic rings. The Morgan fingerprint density at radius 1 is 1.27 bits per heavy atom. The SMILES string of the molecule is COc1c(OC(C)=O)ccc(C=NNC(=O)COc2ccccc2C#N)c1[N+](=O)[O-]. The maximum absolute atomic E-state index is 11.9. The molecule has 11 heteroatoms. The van der Waals surface area contributed by atoms with E-state index in [1.54, 1.807) is 12.1 Å². The number of nitrogens with one attached hydrogen (secondary N) is 1. The fraction of sp³-hybridized carbons (Fsp3) is 0.158. The molecule has 154 valence electrons. The highest BCUT2D eigenvalue weighted by Crippen LogP contribution is 2.39. The monoisotopic (exact) mass is 412 g/mol. The second-order valence-electron chi connectivity index (χ2n) is 5.58. The van der Waals surface area contributed by atoms with Gasteiger partial charge < -0.3 is 14.2 Å². The highest BCUT2D eigenvalue weighted by Gasteiger charge is 2.25. The van der Waals surface area contributed by atoms with Crippen LogP contribution in [0.25, 0.3) is 0 Å². The summed E-state index contributed by atoms with van der Waals surface area (Å²) in [5, 5.41) is 24.1. The molecule has 0 heterocycles. The maximum atomic E-state index is 11.9. The number of nitrogens with zero attached hydrogens (tertiary/aromatic N) is 3. The molecular weight excluding hydrogens is 396 g/mol. The number of ether oxygens (including phenoxy) is 3. The summed E-state index contributed by atoms with van der Waals surface area (Å²) >= 11 is 0. The number of carbonyl (C=O) groups is 2. The number of esters is 1. The summed E-state index contributed by atoms with van der Waals surface area (Å²) < 4.78 is 15.2. The smallest absolute Gasteiger partial charge is 0.323 e. The van der Waals surface area contributed by atoms with E-state index in [1.165, 1.54) is 31.4 Å². The third kappa shape index (κ3) is 5.52. The van der Waals surface area contributed by atoms with Crippen LogP contribution in [0.5, 0.6) is 17.2 Å². The molecule has 0 atom stereocenters. The Kier molecular flexibility index (Phi) is 7.41. The summed E-state index contributed by atoms with van der Waals surface area (Å²) in [4.78, 5) is 33.7. The van der Waals surface area contributed by atoms with Crippen molar-refractivity contribution in [2.45, 2.75) is 6.92 Å². The van der Waals surface area contributed by atoms with Crippen molar-refractivity contribution in [2.75, 3.05) is 13.7 Å². The molecule has 11 nitrogen and oxygen atoms in total. The van der Waals surface area contributed by atoms with E-state index in [1.807, 2.05) is 6.07 Å². The second-order valence-corrected chi connectivity index (χ2v) is 5.58. The lowest BCUT2D eigenvalue weighted by atomic mass is 10.1. The summed E-state index contributed by atoms with van der Waals surface area (Å²) in [6.07, 6.45) is 1.04. The zero-order valence-electron chi connectivity index (χ0n) is 15.9. The molecule has 0 aromatic heterocycles. The van der Waals surface area contributed by atoms with Gasteiger partial charge in [0.05, 0.1) is 29.4 Å². The third-order valence-corrected chi connectivity index (χ3v) is 3.53. The van der Waals surface area contributed by atoms with Crippen molar-refractivity contribution in [2.24, 2.45) is 5.10 Å². The summed E-state index contributed by atoms with van der Waals surface area (Å²) in [5.41, 5.74) is 1.94. The van der Waals surface area contributed by atoms with Crippen LogP contribution in [0.1, 0.15) is 18.1 Å². The van der Waals surface area contributed by atoms with E-state index >= 15 is 0 Å². The van der Waals surface area contributed by atoms with Crippen LogP contribution in [-0.4, -0.2) is 36.7 Å². The molecule has 0 unspecified atom stereocenters. The zero-order chi connectivity index (χ0) is 22.1. The standard InChI is InChI=1S/C19H16N4O7/c1-12(24)30-16-8-7-14(18(23(26)27)19(16)28-2)10-21-22-17(25)11-29-15-6-4-3-5-13(15)9-20/h3-8,10H,11H2,1-2H3,(H,22,25). The van der Waals surface area contributed by atoms with E-state index in [2.05, 4.69) is 10.5 Å². The average Bonchev–Trinajstić information content (AvgIpc) is 2.72. The molecular formula is C19H16N4O7. The van der Waals surface area contributed by atoms with Crippen LogP contribution in [-0.2, 0) is 9.59 Å². The number of nitriles is 1. The van der Waals surface area contributed by atoms with Crippen molar-refractivity contribution in [1.82, 2.24) is 5.43 Å². The van der Waals surface area contributed by atoms with Gasteiger partial charge in [0.25, 0.3) is 5.91 Å². The van der Waals surface area contributed by atoms with Crippen molar-refractivity contribution in [3.8, 4) is 23.3 Å². The molecule has 0 fully saturated rings. The Hall–Kier alpha value is -4.46. The molecule has 0 aliphatic carbocycles. The fourth-order valence-electron chi connectivity index (χ4n) is 2.33. The van der Waals surface area contributed by atoms with Gasteiger partial charge >= 0.3 is 11.7 Å². The molecule has 2 rings (SSSR count). The summed E-state index contributed by atoms with van der Waals surface area (Å²) in [5.74, 6) is -1.47. The van der Waals surface area contributed by atoms with E-state index in [-0.39, 0.29) is 28.4 Å². The summed E-state index contributed by atoms with van der Waals surface area (Å²) in [7, 11) is 1.19. The van der Waals surface area contributed by atoms with Crippen molar-refractivity contribution in [1.29, 1.82) is 5.26 Å². The zero-order valence-corrected chi connectivity index (χ0v) is 15.9. The van der Waals surface area contributed by atoms with Gasteiger partial charge in [-0.15, -0.1) is 0 Å². The number of hydrogen-bond acceptors (Lipinski definition) is 9. The molecule has 2 aromatic rings. The third-order valence-electron chi connectivity index (χ3n) is 3.53. The maximum Gasteiger partial charge on any atom is 0.323 e. The highest BCUT2D eigenvalue weighted by atomic mass is 16.6. The lowest BCUT2D eigenvalue weighted by Crippen LogP contribution is -2.24. The van der Waals surface area contributed by atoms with E-state index < -0.39 is 29.1 Å². The summed E-state index contributed by atoms with van der Waals surface area (Å²) in [6, 6.07) is 10.9. The van der Waals surface area contributed by atoms with Crippen LogP contribution < -0.4 is 19.6 Å². The van der Waals surface area contributed by atoms with E-state index in [0.717, 1.165) is 13.1 Å². The van der Waals surface area contributed by atoms with Crippen molar-refractivity contribution < 1.29 is 28.7 Å². The minimum absolute atomic E-state index is 0.00352. The number of hydrazone groups is 1. The van der Waals surface area contributed by atoms with Gasteiger partial charge in [0, 0.05) is 6.92 Å². The molecule has 30 heavy (non-hydrogen) atoms. The first-order valence-electron chi connectivity index (χ1n) is 8.35. The molecule has 0 radical (unpaired) electrons. The van der Waals surface area contributed by atoms with Gasteiger partial charge in [-0.2, -0.15) is 10.4 Å². The van der Waals surface area contributed by atoms with Crippen LogP contribution in [0.15, 0.2) is 41.5 Å². The van der Waals surface area contributed by atoms with Crippen LogP contribution >= 0.6 is 0 Å². The predicted molar refractivity (Wildman–Crippen MR) is 103 cm³/mol. The lowest BCUT2D eigenvalue weighted by molar-refractivity contribution is -0.385. The van der Waals surface area contributed by atoms with Crippen LogP contribution in [0, 0.1) is 21.4 Å². The number of carbonyl (C=O) groups excluding carboxylic acids is 2. The minimum Gasteiger partial charge on any atom is -0.488 e. The Labute approximate surface area is 170 Å². The van der Waals surface area contributed by atoms with Gasteiger partial charge in [-0.1, -0.05) is 12.1 Å². The van der Waals surface area contributed by atoms with Gasteiger partial charge in [-0.25, -0.2) is 5.43 Å². The van der Waals surface area contributed by atoms with E-state index in [0.29, 0.717) is 0 Å². The first-order chi connectivity index (χ1) is 14.4.